The zero-order valence-corrected chi connectivity index (χ0v) is 15.3. The van der Waals surface area contributed by atoms with Crippen LogP contribution < -0.4 is 5.73 Å². The Balaban J connectivity index is 2.16. The lowest BCUT2D eigenvalue weighted by molar-refractivity contribution is -0.143. The molecule has 134 valence electrons. The van der Waals surface area contributed by atoms with Gasteiger partial charge in [0.25, 0.3) is 0 Å². The minimum atomic E-state index is -0.646. The lowest BCUT2D eigenvalue weighted by Gasteiger charge is -2.35. The highest BCUT2D eigenvalue weighted by Gasteiger charge is 2.42. The molecule has 0 bridgehead atoms. The Morgan fingerprint density at radius 2 is 2.08 bits per heavy atom. The Hall–Kier alpha value is -2.79. The van der Waals surface area contributed by atoms with Crippen LogP contribution in [0.4, 0.5) is 4.39 Å². The SMILES string of the molecule is CC1=C(C(=O)OC(C)C)[C@H](c2ccc(F)cc2)N2C(=N1)SC(C#N)=C2N. The average Bonchev–Trinajstić information content (AvgIpc) is 2.89. The first kappa shape index (κ1) is 18.0. The summed E-state index contributed by atoms with van der Waals surface area (Å²) in [7, 11) is 0. The van der Waals surface area contributed by atoms with Gasteiger partial charge in [0.2, 0.25) is 0 Å². The normalized spacial score (nSPS) is 19.5. The average molecular weight is 372 g/mol. The maximum Gasteiger partial charge on any atom is 0.338 e. The highest BCUT2D eigenvalue weighted by Crippen LogP contribution is 2.45. The molecule has 0 radical (unpaired) electrons. The molecule has 26 heavy (non-hydrogen) atoms. The highest BCUT2D eigenvalue weighted by molar-refractivity contribution is 8.17. The second-order valence-corrected chi connectivity index (χ2v) is 7.08. The second-order valence-electron chi connectivity index (χ2n) is 6.10. The smallest absolute Gasteiger partial charge is 0.338 e. The van der Waals surface area contributed by atoms with Crippen LogP contribution in [-0.4, -0.2) is 22.1 Å². The predicted molar refractivity (Wildman–Crippen MR) is 96.8 cm³/mol. The summed E-state index contributed by atoms with van der Waals surface area (Å²) >= 11 is 1.14. The van der Waals surface area contributed by atoms with Gasteiger partial charge in [0.1, 0.15) is 22.6 Å². The van der Waals surface area contributed by atoms with Crippen molar-refractivity contribution in [1.29, 1.82) is 5.26 Å². The number of ether oxygens (including phenoxy) is 1. The topological polar surface area (TPSA) is 91.7 Å². The van der Waals surface area contributed by atoms with Gasteiger partial charge in [0.05, 0.1) is 23.4 Å². The van der Waals surface area contributed by atoms with Gasteiger partial charge in [-0.1, -0.05) is 12.1 Å². The van der Waals surface area contributed by atoms with Crippen LogP contribution in [0, 0.1) is 17.1 Å². The molecule has 0 saturated heterocycles. The Labute approximate surface area is 154 Å². The molecule has 0 saturated carbocycles. The fourth-order valence-electron chi connectivity index (χ4n) is 2.84. The lowest BCUT2D eigenvalue weighted by atomic mass is 9.94. The number of amidine groups is 1. The maximum atomic E-state index is 13.4. The number of fused-ring (bicyclic) bond motifs is 1. The number of allylic oxidation sites excluding steroid dienone is 2. The molecule has 0 amide bonds. The largest absolute Gasteiger partial charge is 0.459 e. The first-order chi connectivity index (χ1) is 12.3. The number of thioether (sulfide) groups is 1. The number of halogens is 1. The van der Waals surface area contributed by atoms with Crippen LogP contribution >= 0.6 is 11.8 Å². The van der Waals surface area contributed by atoms with Gasteiger partial charge in [0, 0.05) is 0 Å². The van der Waals surface area contributed by atoms with Crippen LogP contribution in [0.3, 0.4) is 0 Å². The van der Waals surface area contributed by atoms with Crippen molar-refractivity contribution in [3.05, 3.63) is 57.6 Å². The van der Waals surface area contributed by atoms with E-state index in [1.807, 2.05) is 6.07 Å². The summed E-state index contributed by atoms with van der Waals surface area (Å²) in [6.45, 7) is 5.22. The summed E-state index contributed by atoms with van der Waals surface area (Å²) in [5, 5.41) is 9.80. The first-order valence-corrected chi connectivity index (χ1v) is 8.78. The number of carbonyl (C=O) groups is 1. The third-order valence-electron chi connectivity index (χ3n) is 3.93. The number of nitrogens with two attached hydrogens (primary N) is 1. The molecule has 1 atom stereocenters. The fourth-order valence-corrected chi connectivity index (χ4v) is 3.76. The molecule has 1 aromatic rings. The van der Waals surface area contributed by atoms with Crippen LogP contribution in [0.1, 0.15) is 32.4 Å². The van der Waals surface area contributed by atoms with Gasteiger partial charge in [-0.05, 0) is 50.2 Å². The molecule has 6 nitrogen and oxygen atoms in total. The number of hydrogen-bond acceptors (Lipinski definition) is 7. The molecule has 0 unspecified atom stereocenters. The van der Waals surface area contributed by atoms with Gasteiger partial charge < -0.3 is 10.5 Å². The molecule has 2 N–H and O–H groups in total. The molecule has 0 fully saturated rings. The molecule has 2 aliphatic rings. The van der Waals surface area contributed by atoms with E-state index in [2.05, 4.69) is 4.99 Å². The Kier molecular flexibility index (Phi) is 4.74. The van der Waals surface area contributed by atoms with Crippen molar-refractivity contribution in [1.82, 2.24) is 4.90 Å². The lowest BCUT2D eigenvalue weighted by Crippen LogP contribution is -2.39. The van der Waals surface area contributed by atoms with Crippen LogP contribution in [0.2, 0.25) is 0 Å². The van der Waals surface area contributed by atoms with Crippen molar-refractivity contribution >= 4 is 22.9 Å². The zero-order valence-electron chi connectivity index (χ0n) is 14.5. The minimum Gasteiger partial charge on any atom is -0.459 e. The summed E-state index contributed by atoms with van der Waals surface area (Å²) in [6.07, 6.45) is -0.308. The summed E-state index contributed by atoms with van der Waals surface area (Å²) in [6, 6.07) is 7.20. The van der Waals surface area contributed by atoms with E-state index in [1.54, 1.807) is 37.8 Å². The molecular formula is C18H17FN4O2S. The van der Waals surface area contributed by atoms with Crippen LogP contribution in [0.15, 0.2) is 51.3 Å². The number of nitrogens with zero attached hydrogens (tertiary/aromatic N) is 3. The second kappa shape index (κ2) is 6.84. The quantitative estimate of drug-likeness (QED) is 0.820. The van der Waals surface area contributed by atoms with Gasteiger partial charge in [0.15, 0.2) is 5.17 Å². The van der Waals surface area contributed by atoms with Crippen molar-refractivity contribution in [2.24, 2.45) is 10.7 Å². The molecule has 0 aliphatic carbocycles. The standard InChI is InChI=1S/C18H17FN4O2S/c1-9(2)25-17(24)14-10(3)22-18-23(16(21)13(8-20)26-18)15(14)11-4-6-12(19)7-5-11/h4-7,9,15H,21H2,1-3H3/t15-/m0/s1. The zero-order chi connectivity index (χ0) is 19.0. The molecule has 3 rings (SSSR count). The monoisotopic (exact) mass is 372 g/mol. The van der Waals surface area contributed by atoms with Gasteiger partial charge in [-0.3, -0.25) is 4.90 Å². The third-order valence-corrected chi connectivity index (χ3v) is 4.90. The summed E-state index contributed by atoms with van der Waals surface area (Å²) in [5.41, 5.74) is 7.59. The molecule has 8 heteroatoms. The van der Waals surface area contributed by atoms with Gasteiger partial charge in [-0.25, -0.2) is 14.2 Å². The van der Waals surface area contributed by atoms with Gasteiger partial charge >= 0.3 is 5.97 Å². The Bertz CT molecular complexity index is 897. The van der Waals surface area contributed by atoms with Gasteiger partial charge in [-0.2, -0.15) is 5.26 Å². The first-order valence-electron chi connectivity index (χ1n) is 7.96. The number of hydrogen-bond donors (Lipinski definition) is 1. The summed E-state index contributed by atoms with van der Waals surface area (Å²) in [5.74, 6) is -0.687. The number of rotatable bonds is 3. The third kappa shape index (κ3) is 3.06. The molecule has 2 heterocycles. The minimum absolute atomic E-state index is 0.216. The highest BCUT2D eigenvalue weighted by atomic mass is 32.2. The number of nitriles is 1. The molecule has 0 spiro atoms. The van der Waals surface area contributed by atoms with E-state index < -0.39 is 12.0 Å². The Morgan fingerprint density at radius 1 is 1.42 bits per heavy atom. The van der Waals surface area contributed by atoms with E-state index in [9.17, 15) is 14.4 Å². The van der Waals surface area contributed by atoms with Crippen molar-refractivity contribution < 1.29 is 13.9 Å². The van der Waals surface area contributed by atoms with E-state index in [4.69, 9.17) is 10.5 Å². The van der Waals surface area contributed by atoms with E-state index in [0.717, 1.165) is 11.8 Å². The number of aliphatic imine (C=N–C) groups is 1. The van der Waals surface area contributed by atoms with E-state index in [-0.39, 0.29) is 17.7 Å². The van der Waals surface area contributed by atoms with Crippen molar-refractivity contribution in [2.75, 3.05) is 0 Å². The number of carbonyl (C=O) groups excluding carboxylic acids is 1. The van der Waals surface area contributed by atoms with E-state index >= 15 is 0 Å². The summed E-state index contributed by atoms with van der Waals surface area (Å²) in [4.78, 5) is 19.1. The van der Waals surface area contributed by atoms with Crippen LogP contribution in [-0.2, 0) is 9.53 Å². The fraction of sp³-hybridized carbons (Fsp3) is 0.278. The maximum absolute atomic E-state index is 13.4. The van der Waals surface area contributed by atoms with E-state index in [1.165, 1.54) is 12.1 Å². The molecule has 1 aromatic carbocycles. The molecule has 0 aromatic heterocycles. The summed E-state index contributed by atoms with van der Waals surface area (Å²) < 4.78 is 18.8. The van der Waals surface area contributed by atoms with Crippen LogP contribution in [0.5, 0.6) is 0 Å². The van der Waals surface area contributed by atoms with Crippen molar-refractivity contribution in [2.45, 2.75) is 32.9 Å². The van der Waals surface area contributed by atoms with Crippen molar-refractivity contribution in [3.63, 3.8) is 0 Å². The molecular weight excluding hydrogens is 355 g/mol. The molecule has 2 aliphatic heterocycles. The predicted octanol–water partition coefficient (Wildman–Crippen LogP) is 3.16. The van der Waals surface area contributed by atoms with Gasteiger partial charge in [-0.15, -0.1) is 0 Å². The Morgan fingerprint density at radius 3 is 2.65 bits per heavy atom. The van der Waals surface area contributed by atoms with Crippen LogP contribution in [0.25, 0.3) is 0 Å². The van der Waals surface area contributed by atoms with E-state index in [0.29, 0.717) is 26.9 Å². The number of benzene rings is 1. The van der Waals surface area contributed by atoms with Crippen molar-refractivity contribution in [3.8, 4) is 6.07 Å². The number of esters is 1.